The van der Waals surface area contributed by atoms with Crippen molar-refractivity contribution in [2.75, 3.05) is 45.3 Å². The predicted octanol–water partition coefficient (Wildman–Crippen LogP) is 2.61. The molecule has 2 heterocycles. The lowest BCUT2D eigenvalue weighted by Crippen LogP contribution is -2.55. The maximum Gasteiger partial charge on any atom is 0.260 e. The molecule has 0 saturated carbocycles. The van der Waals surface area contributed by atoms with E-state index in [1.165, 1.54) is 5.56 Å². The summed E-state index contributed by atoms with van der Waals surface area (Å²) >= 11 is 0. The van der Waals surface area contributed by atoms with E-state index in [2.05, 4.69) is 22.8 Å². The number of hydrogen-bond acceptors (Lipinski definition) is 5. The van der Waals surface area contributed by atoms with E-state index in [9.17, 15) is 4.79 Å². The molecular formula is C24H30N4O3. The molecule has 164 valence electrons. The molecule has 0 aliphatic carbocycles. The Morgan fingerprint density at radius 3 is 2.84 bits per heavy atom. The second kappa shape index (κ2) is 9.49. The van der Waals surface area contributed by atoms with Crippen LogP contribution in [0.5, 0.6) is 5.75 Å². The van der Waals surface area contributed by atoms with Crippen molar-refractivity contribution in [2.24, 2.45) is 4.99 Å². The van der Waals surface area contributed by atoms with Gasteiger partial charge < -0.3 is 19.7 Å². The van der Waals surface area contributed by atoms with Crippen LogP contribution in [-0.4, -0.2) is 62.1 Å². The van der Waals surface area contributed by atoms with Gasteiger partial charge in [0.25, 0.3) is 5.91 Å². The fraction of sp³-hybridized carbons (Fsp3) is 0.417. The zero-order valence-electron chi connectivity index (χ0n) is 18.2. The first kappa shape index (κ1) is 21.3. The molecule has 2 aliphatic rings. The number of ether oxygens (including phenoxy) is 2. The number of rotatable bonds is 6. The number of carbonyl (C=O) groups is 1. The highest BCUT2D eigenvalue weighted by atomic mass is 16.5. The summed E-state index contributed by atoms with van der Waals surface area (Å²) in [6.07, 6.45) is 0.788. The van der Waals surface area contributed by atoms with Gasteiger partial charge in [0.1, 0.15) is 11.6 Å². The van der Waals surface area contributed by atoms with Crippen LogP contribution in [0.2, 0.25) is 0 Å². The zero-order valence-corrected chi connectivity index (χ0v) is 18.2. The second-order valence-electron chi connectivity index (χ2n) is 8.06. The lowest BCUT2D eigenvalue weighted by atomic mass is 9.96. The quantitative estimate of drug-likeness (QED) is 0.700. The van der Waals surface area contributed by atoms with Gasteiger partial charge in [-0.3, -0.25) is 15.1 Å². The maximum absolute atomic E-state index is 12.9. The van der Waals surface area contributed by atoms with Crippen LogP contribution in [-0.2, 0) is 16.1 Å². The number of carbonyl (C=O) groups excluding carboxylic acids is 1. The Balaban J connectivity index is 1.48. The number of nitrogens with zero attached hydrogens (tertiary/aromatic N) is 2. The lowest BCUT2D eigenvalue weighted by Gasteiger charge is -2.30. The molecular weight excluding hydrogens is 392 g/mol. The summed E-state index contributed by atoms with van der Waals surface area (Å²) < 4.78 is 11.0. The Morgan fingerprint density at radius 2 is 2.00 bits per heavy atom. The van der Waals surface area contributed by atoms with Crippen LogP contribution in [0.3, 0.4) is 0 Å². The largest absolute Gasteiger partial charge is 0.484 e. The lowest BCUT2D eigenvalue weighted by molar-refractivity contribution is -0.132. The molecule has 2 aromatic carbocycles. The molecule has 7 heteroatoms. The van der Waals surface area contributed by atoms with Gasteiger partial charge >= 0.3 is 0 Å². The summed E-state index contributed by atoms with van der Waals surface area (Å²) in [6, 6.07) is 16.0. The molecule has 0 bridgehead atoms. The average molecular weight is 423 g/mol. The Kier molecular flexibility index (Phi) is 6.53. The van der Waals surface area contributed by atoms with Gasteiger partial charge in [-0.15, -0.1) is 0 Å². The third-order valence-electron chi connectivity index (χ3n) is 5.97. The van der Waals surface area contributed by atoms with Crippen LogP contribution in [0.25, 0.3) is 0 Å². The molecule has 4 rings (SSSR count). The van der Waals surface area contributed by atoms with E-state index in [1.54, 1.807) is 7.11 Å². The van der Waals surface area contributed by atoms with Gasteiger partial charge in [0.15, 0.2) is 6.61 Å². The third-order valence-corrected chi connectivity index (χ3v) is 5.97. The van der Waals surface area contributed by atoms with Gasteiger partial charge in [-0.2, -0.15) is 0 Å². The van der Waals surface area contributed by atoms with E-state index in [1.807, 2.05) is 48.2 Å². The first-order valence-corrected chi connectivity index (χ1v) is 10.7. The van der Waals surface area contributed by atoms with Gasteiger partial charge in [-0.05, 0) is 36.6 Å². The summed E-state index contributed by atoms with van der Waals surface area (Å²) in [5.74, 6) is 1.60. The molecule has 0 unspecified atom stereocenters. The van der Waals surface area contributed by atoms with Crippen molar-refractivity contribution in [3.63, 3.8) is 0 Å². The van der Waals surface area contributed by atoms with Gasteiger partial charge in [-0.1, -0.05) is 36.4 Å². The highest BCUT2D eigenvalue weighted by molar-refractivity contribution is 6.04. The van der Waals surface area contributed by atoms with Crippen LogP contribution in [0.1, 0.15) is 17.5 Å². The molecule has 31 heavy (non-hydrogen) atoms. The molecule has 1 amide bonds. The van der Waals surface area contributed by atoms with Gasteiger partial charge in [0.2, 0.25) is 0 Å². The summed E-state index contributed by atoms with van der Waals surface area (Å²) in [5, 5.41) is 7.23. The molecule has 7 nitrogen and oxygen atoms in total. The summed E-state index contributed by atoms with van der Waals surface area (Å²) in [7, 11) is 1.68. The Labute approximate surface area is 183 Å². The maximum atomic E-state index is 12.9. The Bertz CT molecular complexity index is 961. The number of aliphatic imine (C=N–C) groups is 1. The number of likely N-dealkylation sites (tertiary alicyclic amines) is 1. The zero-order chi connectivity index (χ0) is 21.7. The number of hydrogen-bond donors (Lipinski definition) is 2. The average Bonchev–Trinajstić information content (AvgIpc) is 3.16. The molecule has 1 fully saturated rings. The summed E-state index contributed by atoms with van der Waals surface area (Å²) in [5.41, 5.74) is 2.85. The molecule has 1 saturated heterocycles. The Morgan fingerprint density at radius 1 is 1.19 bits per heavy atom. The highest BCUT2D eigenvalue weighted by Crippen LogP contribution is 2.30. The van der Waals surface area contributed by atoms with Crippen LogP contribution >= 0.6 is 0 Å². The number of aryl methyl sites for hydroxylation is 1. The summed E-state index contributed by atoms with van der Waals surface area (Å²) in [6.45, 7) is 5.05. The third kappa shape index (κ3) is 4.73. The second-order valence-corrected chi connectivity index (χ2v) is 8.06. The van der Waals surface area contributed by atoms with Crippen LogP contribution in [0.4, 0.5) is 5.69 Å². The van der Waals surface area contributed by atoms with Crippen molar-refractivity contribution in [1.29, 1.82) is 0 Å². The van der Waals surface area contributed by atoms with Crippen LogP contribution in [0, 0.1) is 6.92 Å². The van der Waals surface area contributed by atoms with E-state index in [-0.39, 0.29) is 12.5 Å². The molecule has 0 radical (unpaired) electrons. The minimum absolute atomic E-state index is 0.0140. The van der Waals surface area contributed by atoms with Crippen molar-refractivity contribution < 1.29 is 14.3 Å². The number of methoxy groups -OCH3 is 1. The standard InChI is InChI=1S/C24H30N4O3/c1-18-7-3-6-10-21(18)31-16-22(29)28-13-11-24(17-28)23(25-12-14-30-2)27-20-9-5-4-8-19(20)15-26-24/h3-10,26H,11-17H2,1-2H3,(H,25,27)/t24-/m1/s1. The van der Waals surface area contributed by atoms with E-state index >= 15 is 0 Å². The molecule has 1 atom stereocenters. The van der Waals surface area contributed by atoms with E-state index in [0.29, 0.717) is 32.8 Å². The monoisotopic (exact) mass is 422 g/mol. The molecule has 0 aromatic heterocycles. The van der Waals surface area contributed by atoms with Gasteiger partial charge in [0.05, 0.1) is 18.7 Å². The SMILES string of the molecule is COCCN=C1Nc2ccccc2CN[C@@]12CCN(C(=O)COc1ccccc1C)C2. The van der Waals surface area contributed by atoms with Crippen molar-refractivity contribution in [1.82, 2.24) is 10.2 Å². The van der Waals surface area contributed by atoms with Crippen molar-refractivity contribution in [2.45, 2.75) is 25.4 Å². The minimum atomic E-state index is -0.412. The number of benzene rings is 2. The van der Waals surface area contributed by atoms with E-state index < -0.39 is 5.54 Å². The van der Waals surface area contributed by atoms with E-state index in [4.69, 9.17) is 14.5 Å². The van der Waals surface area contributed by atoms with Gasteiger partial charge in [0, 0.05) is 32.4 Å². The Hall–Kier alpha value is -2.90. The van der Waals surface area contributed by atoms with Crippen molar-refractivity contribution in [3.8, 4) is 5.75 Å². The minimum Gasteiger partial charge on any atom is -0.484 e. The smallest absolute Gasteiger partial charge is 0.260 e. The van der Waals surface area contributed by atoms with Crippen molar-refractivity contribution >= 4 is 17.4 Å². The molecule has 2 aromatic rings. The molecule has 1 spiro atoms. The first-order chi connectivity index (χ1) is 15.1. The number of fused-ring (bicyclic) bond motifs is 1. The van der Waals surface area contributed by atoms with Crippen LogP contribution in [0.15, 0.2) is 53.5 Å². The molecule has 2 N–H and O–H groups in total. The number of nitrogens with one attached hydrogen (secondary N) is 2. The number of amidine groups is 1. The van der Waals surface area contributed by atoms with Gasteiger partial charge in [-0.25, -0.2) is 0 Å². The highest BCUT2D eigenvalue weighted by Gasteiger charge is 2.45. The van der Waals surface area contributed by atoms with Crippen LogP contribution < -0.4 is 15.4 Å². The van der Waals surface area contributed by atoms with Crippen molar-refractivity contribution in [3.05, 3.63) is 59.7 Å². The number of para-hydroxylation sites is 2. The first-order valence-electron chi connectivity index (χ1n) is 10.7. The van der Waals surface area contributed by atoms with E-state index in [0.717, 1.165) is 29.3 Å². The topological polar surface area (TPSA) is 75.2 Å². The summed E-state index contributed by atoms with van der Waals surface area (Å²) in [4.78, 5) is 19.6. The number of anilines is 1. The predicted molar refractivity (Wildman–Crippen MR) is 122 cm³/mol. The molecule has 2 aliphatic heterocycles. The fourth-order valence-electron chi connectivity index (χ4n) is 4.14. The number of amides is 1. The normalized spacial score (nSPS) is 21.6. The fourth-order valence-corrected chi connectivity index (χ4v) is 4.14.